The smallest absolute Gasteiger partial charge is 0.322 e. The molecule has 0 amide bonds. The van der Waals surface area contributed by atoms with Crippen molar-refractivity contribution in [2.75, 3.05) is 6.61 Å². The molecule has 1 saturated carbocycles. The molecule has 2 aromatic rings. The lowest BCUT2D eigenvalue weighted by molar-refractivity contribution is -0.166. The van der Waals surface area contributed by atoms with Gasteiger partial charge in [-0.2, -0.15) is 0 Å². The lowest BCUT2D eigenvalue weighted by Crippen LogP contribution is -2.48. The Morgan fingerprint density at radius 3 is 2.54 bits per heavy atom. The van der Waals surface area contributed by atoms with Crippen LogP contribution in [0.25, 0.3) is 10.6 Å². The van der Waals surface area contributed by atoms with E-state index in [0.717, 1.165) is 47.6 Å². The van der Waals surface area contributed by atoms with Crippen molar-refractivity contribution in [3.8, 4) is 10.6 Å². The van der Waals surface area contributed by atoms with Crippen molar-refractivity contribution >= 4 is 34.7 Å². The lowest BCUT2D eigenvalue weighted by atomic mass is 9.67. The minimum atomic E-state index is -0.890. The summed E-state index contributed by atoms with van der Waals surface area (Å²) in [6.45, 7) is 2.14. The van der Waals surface area contributed by atoms with Crippen molar-refractivity contribution in [3.05, 3.63) is 39.9 Å². The van der Waals surface area contributed by atoms with Gasteiger partial charge in [0.05, 0.1) is 11.1 Å². The molecular formula is C20H20ClNO3S. The van der Waals surface area contributed by atoms with Crippen LogP contribution in [-0.4, -0.2) is 23.3 Å². The third kappa shape index (κ3) is 2.97. The van der Waals surface area contributed by atoms with Crippen LogP contribution in [-0.2, 0) is 14.3 Å². The number of ether oxygens (including phenoxy) is 1. The number of aromatic nitrogens is 1. The van der Waals surface area contributed by atoms with Gasteiger partial charge in [0, 0.05) is 15.5 Å². The van der Waals surface area contributed by atoms with Crippen molar-refractivity contribution in [2.24, 2.45) is 5.41 Å². The Morgan fingerprint density at radius 2 is 1.85 bits per heavy atom. The zero-order valence-electron chi connectivity index (χ0n) is 14.6. The number of halogens is 1. The second kappa shape index (κ2) is 6.78. The Hall–Kier alpha value is -1.72. The molecule has 6 heteroatoms. The highest BCUT2D eigenvalue weighted by atomic mass is 35.5. The Labute approximate surface area is 161 Å². The molecule has 1 aliphatic heterocycles. The predicted octanol–water partition coefficient (Wildman–Crippen LogP) is 4.93. The summed E-state index contributed by atoms with van der Waals surface area (Å²) in [6.07, 6.45) is 4.79. The summed E-state index contributed by atoms with van der Waals surface area (Å²) in [6, 6.07) is 7.41. The van der Waals surface area contributed by atoms with Crippen LogP contribution < -0.4 is 0 Å². The van der Waals surface area contributed by atoms with Crippen molar-refractivity contribution < 1.29 is 14.3 Å². The fraction of sp³-hybridized carbons (Fsp3) is 0.450. The van der Waals surface area contributed by atoms with Gasteiger partial charge >= 0.3 is 5.97 Å². The van der Waals surface area contributed by atoms with E-state index in [4.69, 9.17) is 16.3 Å². The summed E-state index contributed by atoms with van der Waals surface area (Å²) in [5.41, 5.74) is 0.977. The van der Waals surface area contributed by atoms with E-state index >= 15 is 0 Å². The fourth-order valence-electron chi connectivity index (χ4n) is 4.02. The molecule has 1 aromatic carbocycles. The number of Topliss-reactive ketones (excluding diaryl/α,β-unsaturated/α-hetero) is 1. The molecule has 0 bridgehead atoms. The Bertz CT molecular complexity index is 852. The average Bonchev–Trinajstić information content (AvgIpc) is 3.02. The molecular weight excluding hydrogens is 370 g/mol. The molecule has 1 spiro atoms. The van der Waals surface area contributed by atoms with Gasteiger partial charge in [-0.05, 0) is 31.9 Å². The van der Waals surface area contributed by atoms with Gasteiger partial charge in [0.1, 0.15) is 11.6 Å². The first-order valence-corrected chi connectivity index (χ1v) is 10.1. The van der Waals surface area contributed by atoms with Gasteiger partial charge in [-0.1, -0.05) is 43.0 Å². The summed E-state index contributed by atoms with van der Waals surface area (Å²) in [4.78, 5) is 31.3. The third-order valence-electron chi connectivity index (χ3n) is 5.52. The molecule has 1 aromatic heterocycles. The van der Waals surface area contributed by atoms with Crippen LogP contribution in [0.1, 0.15) is 48.6 Å². The normalized spacial score (nSPS) is 22.5. The van der Waals surface area contributed by atoms with Gasteiger partial charge < -0.3 is 4.74 Å². The number of aryl methyl sites for hydroxylation is 1. The average molecular weight is 390 g/mol. The molecule has 0 N–H and O–H groups in total. The number of thiazole rings is 1. The molecule has 0 radical (unpaired) electrons. The summed E-state index contributed by atoms with van der Waals surface area (Å²) < 4.78 is 5.48. The molecule has 136 valence electrons. The molecule has 1 aliphatic carbocycles. The number of hydrogen-bond acceptors (Lipinski definition) is 5. The fourth-order valence-corrected chi connectivity index (χ4v) is 5.11. The molecule has 1 atom stereocenters. The van der Waals surface area contributed by atoms with Gasteiger partial charge in [0.25, 0.3) is 0 Å². The largest absolute Gasteiger partial charge is 0.464 e. The van der Waals surface area contributed by atoms with E-state index in [1.165, 1.54) is 11.3 Å². The minimum Gasteiger partial charge on any atom is -0.464 e. The van der Waals surface area contributed by atoms with Crippen LogP contribution >= 0.6 is 22.9 Å². The first-order chi connectivity index (χ1) is 12.5. The summed E-state index contributed by atoms with van der Waals surface area (Å²) in [5.74, 6) is -1.34. The number of carbonyl (C=O) groups is 2. The van der Waals surface area contributed by atoms with Crippen LogP contribution in [0, 0.1) is 12.3 Å². The molecule has 2 aliphatic rings. The topological polar surface area (TPSA) is 56.3 Å². The zero-order chi connectivity index (χ0) is 18.3. The van der Waals surface area contributed by atoms with Gasteiger partial charge in [-0.3, -0.25) is 9.59 Å². The Balaban J connectivity index is 1.70. The highest BCUT2D eigenvalue weighted by Crippen LogP contribution is 2.45. The molecule has 26 heavy (non-hydrogen) atoms. The standard InChI is InChI=1S/C20H20ClNO3S/c1-12-16(22-18(26-12)13-5-7-14(21)8-6-13)15-17(23)20(11-25-19(15)24)9-3-2-4-10-20/h5-8,15H,2-4,9-11H2,1H3. The van der Waals surface area contributed by atoms with Crippen LogP contribution in [0.15, 0.2) is 24.3 Å². The number of cyclic esters (lactones) is 1. The van der Waals surface area contributed by atoms with Crippen molar-refractivity contribution in [1.29, 1.82) is 0 Å². The molecule has 4 nitrogen and oxygen atoms in total. The van der Waals surface area contributed by atoms with E-state index < -0.39 is 17.3 Å². The Morgan fingerprint density at radius 1 is 1.15 bits per heavy atom. The van der Waals surface area contributed by atoms with E-state index in [1.807, 2.05) is 31.2 Å². The van der Waals surface area contributed by atoms with Gasteiger partial charge in [-0.15, -0.1) is 11.3 Å². The monoisotopic (exact) mass is 389 g/mol. The number of carbonyl (C=O) groups excluding carboxylic acids is 2. The number of nitrogens with zero attached hydrogens (tertiary/aromatic N) is 1. The summed E-state index contributed by atoms with van der Waals surface area (Å²) in [7, 11) is 0. The summed E-state index contributed by atoms with van der Waals surface area (Å²) >= 11 is 7.45. The molecule has 2 fully saturated rings. The van der Waals surface area contributed by atoms with Gasteiger partial charge in [0.15, 0.2) is 11.7 Å². The van der Waals surface area contributed by atoms with Crippen LogP contribution in [0.4, 0.5) is 0 Å². The zero-order valence-corrected chi connectivity index (χ0v) is 16.2. The quantitative estimate of drug-likeness (QED) is 0.539. The van der Waals surface area contributed by atoms with Crippen molar-refractivity contribution in [1.82, 2.24) is 4.98 Å². The second-order valence-corrected chi connectivity index (χ2v) is 8.85. The third-order valence-corrected chi connectivity index (χ3v) is 6.81. The number of esters is 1. The number of hydrogen-bond donors (Lipinski definition) is 0. The summed E-state index contributed by atoms with van der Waals surface area (Å²) in [5, 5.41) is 1.45. The molecule has 2 heterocycles. The first kappa shape index (κ1) is 17.7. The second-order valence-electron chi connectivity index (χ2n) is 7.21. The van der Waals surface area contributed by atoms with Crippen molar-refractivity contribution in [2.45, 2.75) is 44.9 Å². The maximum atomic E-state index is 13.3. The van der Waals surface area contributed by atoms with E-state index in [-0.39, 0.29) is 12.4 Å². The van der Waals surface area contributed by atoms with E-state index in [9.17, 15) is 9.59 Å². The van der Waals surface area contributed by atoms with E-state index in [2.05, 4.69) is 4.98 Å². The number of rotatable bonds is 2. The van der Waals surface area contributed by atoms with E-state index in [0.29, 0.717) is 10.7 Å². The minimum absolute atomic E-state index is 0.00417. The number of benzene rings is 1. The van der Waals surface area contributed by atoms with Gasteiger partial charge in [-0.25, -0.2) is 4.98 Å². The number of ketones is 1. The van der Waals surface area contributed by atoms with Crippen LogP contribution in [0.5, 0.6) is 0 Å². The predicted molar refractivity (Wildman–Crippen MR) is 102 cm³/mol. The van der Waals surface area contributed by atoms with Crippen LogP contribution in [0.2, 0.25) is 5.02 Å². The van der Waals surface area contributed by atoms with Crippen LogP contribution in [0.3, 0.4) is 0 Å². The maximum absolute atomic E-state index is 13.3. The molecule has 4 rings (SSSR count). The first-order valence-electron chi connectivity index (χ1n) is 8.94. The van der Waals surface area contributed by atoms with Gasteiger partial charge in [0.2, 0.25) is 0 Å². The molecule has 1 saturated heterocycles. The Kier molecular flexibility index (Phi) is 4.61. The van der Waals surface area contributed by atoms with E-state index in [1.54, 1.807) is 0 Å². The highest BCUT2D eigenvalue weighted by Gasteiger charge is 2.52. The molecule has 1 unspecified atom stereocenters. The highest BCUT2D eigenvalue weighted by molar-refractivity contribution is 7.15. The maximum Gasteiger partial charge on any atom is 0.322 e. The van der Waals surface area contributed by atoms with Crippen molar-refractivity contribution in [3.63, 3.8) is 0 Å². The lowest BCUT2D eigenvalue weighted by Gasteiger charge is -2.40. The SMILES string of the molecule is Cc1sc(-c2ccc(Cl)cc2)nc1C1C(=O)OCC2(CCCCC2)C1=O.